The molecule has 0 radical (unpaired) electrons. The van der Waals surface area contributed by atoms with E-state index in [0.717, 1.165) is 29.7 Å². The summed E-state index contributed by atoms with van der Waals surface area (Å²) in [4.78, 5) is 4.83. The molecular formula is C15H20BrFN2. The molecule has 4 heteroatoms. The summed E-state index contributed by atoms with van der Waals surface area (Å²) in [6, 6.07) is 6.01. The van der Waals surface area contributed by atoms with Gasteiger partial charge in [-0.05, 0) is 44.0 Å². The topological polar surface area (TPSA) is 6.48 Å². The molecule has 19 heavy (non-hydrogen) atoms. The zero-order valence-electron chi connectivity index (χ0n) is 11.1. The van der Waals surface area contributed by atoms with Gasteiger partial charge in [0.15, 0.2) is 0 Å². The largest absolute Gasteiger partial charge is 0.368 e. The standard InChI is InChI=1S/C15H20BrFN2/c16-12-5-6-15(14(17)10-12)19-9-3-8-18-7-2-1-4-13(18)11-19/h5-6,10,13H,1-4,7-9,11H2. The minimum atomic E-state index is -0.112. The Morgan fingerprint density at radius 2 is 1.95 bits per heavy atom. The number of piperidine rings is 1. The zero-order valence-corrected chi connectivity index (χ0v) is 12.7. The number of hydrogen-bond acceptors (Lipinski definition) is 2. The molecule has 0 N–H and O–H groups in total. The van der Waals surface area contributed by atoms with E-state index in [4.69, 9.17) is 0 Å². The second-order valence-corrected chi connectivity index (χ2v) is 6.50. The number of halogens is 2. The Hall–Kier alpha value is -0.610. The first kappa shape index (κ1) is 13.4. The maximum atomic E-state index is 14.1. The van der Waals surface area contributed by atoms with Gasteiger partial charge >= 0.3 is 0 Å². The van der Waals surface area contributed by atoms with Crippen molar-refractivity contribution in [3.8, 4) is 0 Å². The Morgan fingerprint density at radius 1 is 1.11 bits per heavy atom. The molecule has 2 nitrogen and oxygen atoms in total. The predicted molar refractivity (Wildman–Crippen MR) is 80.1 cm³/mol. The highest BCUT2D eigenvalue weighted by molar-refractivity contribution is 9.10. The molecule has 1 unspecified atom stereocenters. The van der Waals surface area contributed by atoms with Gasteiger partial charge in [0.05, 0.1) is 5.69 Å². The van der Waals surface area contributed by atoms with Crippen LogP contribution in [0.2, 0.25) is 0 Å². The van der Waals surface area contributed by atoms with E-state index in [9.17, 15) is 4.39 Å². The van der Waals surface area contributed by atoms with E-state index in [1.54, 1.807) is 6.07 Å². The van der Waals surface area contributed by atoms with Crippen LogP contribution in [0.4, 0.5) is 10.1 Å². The maximum Gasteiger partial charge on any atom is 0.147 e. The molecule has 0 aliphatic carbocycles. The quantitative estimate of drug-likeness (QED) is 0.777. The highest BCUT2D eigenvalue weighted by atomic mass is 79.9. The van der Waals surface area contributed by atoms with Crippen LogP contribution in [0.25, 0.3) is 0 Å². The van der Waals surface area contributed by atoms with Gasteiger partial charge in [0.2, 0.25) is 0 Å². The molecule has 2 saturated heterocycles. The molecule has 2 heterocycles. The lowest BCUT2D eigenvalue weighted by Crippen LogP contribution is -2.44. The minimum Gasteiger partial charge on any atom is -0.368 e. The number of hydrogen-bond donors (Lipinski definition) is 0. The Kier molecular flexibility index (Phi) is 4.08. The number of nitrogens with zero attached hydrogens (tertiary/aromatic N) is 2. The summed E-state index contributed by atoms with van der Waals surface area (Å²) in [7, 11) is 0. The third-order valence-corrected chi connectivity index (χ3v) is 4.80. The van der Waals surface area contributed by atoms with E-state index in [1.165, 1.54) is 32.4 Å². The Morgan fingerprint density at radius 3 is 2.79 bits per heavy atom. The van der Waals surface area contributed by atoms with Crippen molar-refractivity contribution in [2.75, 3.05) is 31.1 Å². The number of anilines is 1. The van der Waals surface area contributed by atoms with Crippen molar-refractivity contribution in [3.63, 3.8) is 0 Å². The molecule has 3 rings (SSSR count). The van der Waals surface area contributed by atoms with Crippen LogP contribution in [-0.4, -0.2) is 37.1 Å². The fourth-order valence-electron chi connectivity index (χ4n) is 3.33. The smallest absolute Gasteiger partial charge is 0.147 e. The Balaban J connectivity index is 1.80. The van der Waals surface area contributed by atoms with Gasteiger partial charge in [-0.3, -0.25) is 4.90 Å². The van der Waals surface area contributed by atoms with Gasteiger partial charge in [-0.15, -0.1) is 0 Å². The van der Waals surface area contributed by atoms with Crippen LogP contribution in [0.5, 0.6) is 0 Å². The highest BCUT2D eigenvalue weighted by Gasteiger charge is 2.27. The molecule has 2 aliphatic heterocycles. The first-order chi connectivity index (χ1) is 9.24. The van der Waals surface area contributed by atoms with Crippen molar-refractivity contribution >= 4 is 21.6 Å². The van der Waals surface area contributed by atoms with Gasteiger partial charge in [-0.1, -0.05) is 22.4 Å². The van der Waals surface area contributed by atoms with Crippen LogP contribution in [0.1, 0.15) is 25.7 Å². The van der Waals surface area contributed by atoms with Crippen LogP contribution in [-0.2, 0) is 0 Å². The fourth-order valence-corrected chi connectivity index (χ4v) is 3.66. The minimum absolute atomic E-state index is 0.112. The van der Waals surface area contributed by atoms with Gasteiger partial charge in [0, 0.05) is 30.1 Å². The third kappa shape index (κ3) is 2.95. The van der Waals surface area contributed by atoms with Gasteiger partial charge in [-0.2, -0.15) is 0 Å². The van der Waals surface area contributed by atoms with Crippen LogP contribution >= 0.6 is 15.9 Å². The van der Waals surface area contributed by atoms with E-state index in [1.807, 2.05) is 12.1 Å². The van der Waals surface area contributed by atoms with E-state index in [-0.39, 0.29) is 5.82 Å². The van der Waals surface area contributed by atoms with Gasteiger partial charge < -0.3 is 4.90 Å². The van der Waals surface area contributed by atoms with Gasteiger partial charge in [0.1, 0.15) is 5.82 Å². The molecule has 2 aliphatic rings. The molecule has 0 aromatic heterocycles. The van der Waals surface area contributed by atoms with Crippen LogP contribution < -0.4 is 4.90 Å². The summed E-state index contributed by atoms with van der Waals surface area (Å²) in [5.74, 6) is -0.112. The summed E-state index contributed by atoms with van der Waals surface area (Å²) in [6.45, 7) is 4.32. The van der Waals surface area contributed by atoms with Gasteiger partial charge in [0.25, 0.3) is 0 Å². The van der Waals surface area contributed by atoms with Gasteiger partial charge in [-0.25, -0.2) is 4.39 Å². The number of benzene rings is 1. The van der Waals surface area contributed by atoms with Crippen LogP contribution in [0.15, 0.2) is 22.7 Å². The van der Waals surface area contributed by atoms with E-state index < -0.39 is 0 Å². The number of fused-ring (bicyclic) bond motifs is 1. The van der Waals surface area contributed by atoms with Crippen molar-refractivity contribution in [3.05, 3.63) is 28.5 Å². The summed E-state index contributed by atoms with van der Waals surface area (Å²) in [5.41, 5.74) is 0.760. The summed E-state index contributed by atoms with van der Waals surface area (Å²) in [5, 5.41) is 0. The van der Waals surface area contributed by atoms with Crippen molar-refractivity contribution in [1.29, 1.82) is 0 Å². The van der Waals surface area contributed by atoms with E-state index in [2.05, 4.69) is 25.7 Å². The SMILES string of the molecule is Fc1cc(Br)ccc1N1CCCN2CCCCC2C1. The van der Waals surface area contributed by atoms with E-state index >= 15 is 0 Å². The highest BCUT2D eigenvalue weighted by Crippen LogP contribution is 2.27. The first-order valence-electron chi connectivity index (χ1n) is 7.18. The lowest BCUT2D eigenvalue weighted by atomic mass is 10.0. The second-order valence-electron chi connectivity index (χ2n) is 5.58. The average Bonchev–Trinajstić information content (AvgIpc) is 2.60. The molecule has 2 fully saturated rings. The van der Waals surface area contributed by atoms with Crippen molar-refractivity contribution in [2.24, 2.45) is 0 Å². The molecular weight excluding hydrogens is 307 g/mol. The van der Waals surface area contributed by atoms with Crippen molar-refractivity contribution < 1.29 is 4.39 Å². The molecule has 0 bridgehead atoms. The predicted octanol–water partition coefficient (Wildman–Crippen LogP) is 3.65. The van der Waals surface area contributed by atoms with Crippen LogP contribution in [0.3, 0.4) is 0 Å². The molecule has 1 aromatic carbocycles. The summed E-state index contributed by atoms with van der Waals surface area (Å²) >= 11 is 3.32. The second kappa shape index (κ2) is 5.80. The normalized spacial score (nSPS) is 24.9. The molecule has 0 amide bonds. The van der Waals surface area contributed by atoms with Crippen molar-refractivity contribution in [2.45, 2.75) is 31.7 Å². The fraction of sp³-hybridized carbons (Fsp3) is 0.600. The van der Waals surface area contributed by atoms with E-state index in [0.29, 0.717) is 6.04 Å². The average molecular weight is 327 g/mol. The Bertz CT molecular complexity index is 452. The lowest BCUT2D eigenvalue weighted by Gasteiger charge is -2.35. The monoisotopic (exact) mass is 326 g/mol. The lowest BCUT2D eigenvalue weighted by molar-refractivity contribution is 0.162. The maximum absolute atomic E-state index is 14.1. The first-order valence-corrected chi connectivity index (χ1v) is 7.97. The molecule has 0 saturated carbocycles. The third-order valence-electron chi connectivity index (χ3n) is 4.30. The molecule has 104 valence electrons. The zero-order chi connectivity index (χ0) is 13.2. The van der Waals surface area contributed by atoms with Crippen molar-refractivity contribution in [1.82, 2.24) is 4.90 Å². The number of rotatable bonds is 1. The molecule has 0 spiro atoms. The summed E-state index contributed by atoms with van der Waals surface area (Å²) < 4.78 is 14.9. The molecule has 1 atom stereocenters. The summed E-state index contributed by atoms with van der Waals surface area (Å²) in [6.07, 6.45) is 5.03. The molecule has 1 aromatic rings. The van der Waals surface area contributed by atoms with Crippen LogP contribution in [0, 0.1) is 5.82 Å². The Labute approximate surface area is 122 Å².